The van der Waals surface area contributed by atoms with Crippen LogP contribution in [0.5, 0.6) is 11.5 Å². The van der Waals surface area contributed by atoms with E-state index in [1.165, 1.54) is 5.57 Å². The van der Waals surface area contributed by atoms with Crippen molar-refractivity contribution in [2.75, 3.05) is 7.11 Å². The fourth-order valence-electron chi connectivity index (χ4n) is 4.14. The van der Waals surface area contributed by atoms with Crippen LogP contribution in [-0.2, 0) is 0 Å². The highest BCUT2D eigenvalue weighted by molar-refractivity contribution is 5.71. The number of allylic oxidation sites excluding steroid dienone is 2. The summed E-state index contributed by atoms with van der Waals surface area (Å²) in [5, 5.41) is 10.8. The predicted octanol–water partition coefficient (Wildman–Crippen LogP) is 6.30. The van der Waals surface area contributed by atoms with E-state index in [4.69, 9.17) is 4.74 Å². The van der Waals surface area contributed by atoms with Crippen molar-refractivity contribution in [1.82, 2.24) is 0 Å². The van der Waals surface area contributed by atoms with Gasteiger partial charge in [-0.25, -0.2) is 4.39 Å². The van der Waals surface area contributed by atoms with Crippen LogP contribution in [0.4, 0.5) is 4.39 Å². The van der Waals surface area contributed by atoms with Gasteiger partial charge in [-0.05, 0) is 74.3 Å². The molecule has 4 rings (SSSR count). The third-order valence-corrected chi connectivity index (χ3v) is 5.65. The molecular formula is C23H25FO2. The molecule has 1 unspecified atom stereocenters. The third-order valence-electron chi connectivity index (χ3n) is 5.65. The highest BCUT2D eigenvalue weighted by Gasteiger charge is 2.33. The maximum absolute atomic E-state index is 15.2. The van der Waals surface area contributed by atoms with Crippen LogP contribution in [0.15, 0.2) is 42.0 Å². The molecule has 0 spiro atoms. The Morgan fingerprint density at radius 1 is 1.15 bits per heavy atom. The second kappa shape index (κ2) is 6.79. The van der Waals surface area contributed by atoms with Crippen LogP contribution in [0.3, 0.4) is 0 Å². The Morgan fingerprint density at radius 2 is 1.96 bits per heavy atom. The minimum Gasteiger partial charge on any atom is -0.505 e. The molecule has 0 radical (unpaired) electrons. The maximum Gasteiger partial charge on any atom is 0.172 e. The molecule has 1 atom stereocenters. The zero-order chi connectivity index (χ0) is 18.3. The van der Waals surface area contributed by atoms with Gasteiger partial charge in [-0.15, -0.1) is 0 Å². The van der Waals surface area contributed by atoms with Crippen molar-refractivity contribution in [2.24, 2.45) is 0 Å². The Morgan fingerprint density at radius 3 is 2.65 bits per heavy atom. The van der Waals surface area contributed by atoms with E-state index in [9.17, 15) is 5.11 Å². The molecule has 26 heavy (non-hydrogen) atoms. The quantitative estimate of drug-likeness (QED) is 0.654. The lowest BCUT2D eigenvalue weighted by Gasteiger charge is -2.25. The van der Waals surface area contributed by atoms with E-state index in [0.717, 1.165) is 48.8 Å². The Bertz CT molecular complexity index is 865. The van der Waals surface area contributed by atoms with Crippen molar-refractivity contribution in [3.8, 4) is 22.6 Å². The standard InChI is InChI=1S/C23H25FO2/c1-14-5-3-7-17(11-14)21-19(15-9-10-15)13-20(22(24)23(21)25)16-6-4-8-18(12-16)26-2/h4,6,8,11-13,15,17,25H,3,5,7,9-10H2,1-2H3. The summed E-state index contributed by atoms with van der Waals surface area (Å²) < 4.78 is 20.5. The molecule has 2 nitrogen and oxygen atoms in total. The van der Waals surface area contributed by atoms with Crippen LogP contribution >= 0.6 is 0 Å². The third kappa shape index (κ3) is 3.11. The first kappa shape index (κ1) is 17.1. The van der Waals surface area contributed by atoms with Gasteiger partial charge in [-0.2, -0.15) is 0 Å². The second-order valence-corrected chi connectivity index (χ2v) is 7.61. The number of aromatic hydroxyl groups is 1. The van der Waals surface area contributed by atoms with Gasteiger partial charge in [0, 0.05) is 17.0 Å². The molecule has 0 aliphatic heterocycles. The fraction of sp³-hybridized carbons (Fsp3) is 0.391. The van der Waals surface area contributed by atoms with Gasteiger partial charge in [0.2, 0.25) is 0 Å². The van der Waals surface area contributed by atoms with Crippen LogP contribution in [0.1, 0.15) is 62.0 Å². The van der Waals surface area contributed by atoms with Crippen LogP contribution in [-0.4, -0.2) is 12.2 Å². The predicted molar refractivity (Wildman–Crippen MR) is 102 cm³/mol. The Balaban J connectivity index is 1.87. The number of hydrogen-bond donors (Lipinski definition) is 1. The van der Waals surface area contributed by atoms with E-state index < -0.39 is 5.82 Å². The molecule has 0 heterocycles. The van der Waals surface area contributed by atoms with Gasteiger partial charge in [-0.3, -0.25) is 0 Å². The number of methoxy groups -OCH3 is 1. The van der Waals surface area contributed by atoms with E-state index in [1.807, 2.05) is 30.3 Å². The van der Waals surface area contributed by atoms with Crippen molar-refractivity contribution in [3.63, 3.8) is 0 Å². The van der Waals surface area contributed by atoms with Crippen molar-refractivity contribution >= 4 is 0 Å². The highest BCUT2D eigenvalue weighted by Crippen LogP contribution is 2.50. The first-order chi connectivity index (χ1) is 12.6. The molecule has 1 saturated carbocycles. The molecular weight excluding hydrogens is 327 g/mol. The lowest BCUT2D eigenvalue weighted by molar-refractivity contribution is 0.414. The normalized spacial score (nSPS) is 20.0. The number of halogens is 1. The largest absolute Gasteiger partial charge is 0.505 e. The molecule has 2 aromatic rings. The van der Waals surface area contributed by atoms with Crippen LogP contribution in [0.2, 0.25) is 0 Å². The van der Waals surface area contributed by atoms with Crippen LogP contribution in [0.25, 0.3) is 11.1 Å². The molecule has 1 fully saturated rings. The lowest BCUT2D eigenvalue weighted by atomic mass is 9.81. The van der Waals surface area contributed by atoms with E-state index in [1.54, 1.807) is 7.11 Å². The monoisotopic (exact) mass is 352 g/mol. The van der Waals surface area contributed by atoms with Gasteiger partial charge in [-0.1, -0.05) is 23.8 Å². The zero-order valence-electron chi connectivity index (χ0n) is 15.4. The van der Waals surface area contributed by atoms with Crippen molar-refractivity contribution in [2.45, 2.75) is 50.9 Å². The van der Waals surface area contributed by atoms with Crippen LogP contribution in [0, 0.1) is 5.82 Å². The summed E-state index contributed by atoms with van der Waals surface area (Å²) in [4.78, 5) is 0. The summed E-state index contributed by atoms with van der Waals surface area (Å²) in [6.07, 6.45) is 7.62. The molecule has 0 bridgehead atoms. The molecule has 2 aromatic carbocycles. The number of rotatable bonds is 4. The zero-order valence-corrected chi connectivity index (χ0v) is 15.4. The summed E-state index contributed by atoms with van der Waals surface area (Å²) in [5.41, 5.74) is 4.47. The fourth-order valence-corrected chi connectivity index (χ4v) is 4.14. The molecule has 2 aliphatic carbocycles. The molecule has 0 saturated heterocycles. The minimum atomic E-state index is -0.519. The molecule has 1 N–H and O–H groups in total. The average molecular weight is 352 g/mol. The highest BCUT2D eigenvalue weighted by atomic mass is 19.1. The lowest BCUT2D eigenvalue weighted by Crippen LogP contribution is -2.07. The number of phenolic OH excluding ortho intramolecular Hbond substituents is 1. The van der Waals surface area contributed by atoms with Gasteiger partial charge in [0.05, 0.1) is 7.11 Å². The number of ether oxygens (including phenoxy) is 1. The smallest absolute Gasteiger partial charge is 0.172 e. The van der Waals surface area contributed by atoms with Gasteiger partial charge in [0.1, 0.15) is 5.75 Å². The Kier molecular flexibility index (Phi) is 4.47. The topological polar surface area (TPSA) is 29.5 Å². The summed E-state index contributed by atoms with van der Waals surface area (Å²) in [6.45, 7) is 2.13. The van der Waals surface area contributed by atoms with Gasteiger partial charge < -0.3 is 9.84 Å². The first-order valence-electron chi connectivity index (χ1n) is 9.45. The maximum atomic E-state index is 15.2. The molecule has 2 aliphatic rings. The van der Waals surface area contributed by atoms with Crippen LogP contribution < -0.4 is 4.74 Å². The Hall–Kier alpha value is -2.29. The van der Waals surface area contributed by atoms with E-state index in [2.05, 4.69) is 13.0 Å². The van der Waals surface area contributed by atoms with E-state index in [-0.39, 0.29) is 11.7 Å². The molecule has 0 amide bonds. The first-order valence-corrected chi connectivity index (χ1v) is 9.45. The van der Waals surface area contributed by atoms with Crippen molar-refractivity contribution < 1.29 is 14.2 Å². The van der Waals surface area contributed by atoms with E-state index in [0.29, 0.717) is 17.2 Å². The Labute approximate surface area is 154 Å². The summed E-state index contributed by atoms with van der Waals surface area (Å²) in [7, 11) is 1.60. The SMILES string of the molecule is COc1cccc(-c2cc(C3CC3)c(C3C=C(C)CCC3)c(O)c2F)c1. The second-order valence-electron chi connectivity index (χ2n) is 7.61. The number of phenols is 1. The molecule has 0 aromatic heterocycles. The van der Waals surface area contributed by atoms with Crippen molar-refractivity contribution in [3.05, 3.63) is 58.9 Å². The summed E-state index contributed by atoms with van der Waals surface area (Å²) in [5.74, 6) is 0.562. The number of hydrogen-bond acceptors (Lipinski definition) is 2. The van der Waals surface area contributed by atoms with E-state index >= 15 is 4.39 Å². The van der Waals surface area contributed by atoms with Gasteiger partial charge in [0.15, 0.2) is 11.6 Å². The van der Waals surface area contributed by atoms with Gasteiger partial charge >= 0.3 is 0 Å². The summed E-state index contributed by atoms with van der Waals surface area (Å²) in [6, 6.07) is 9.34. The molecule has 3 heteroatoms. The average Bonchev–Trinajstić information content (AvgIpc) is 3.49. The molecule has 136 valence electrons. The number of benzene rings is 2. The van der Waals surface area contributed by atoms with Crippen molar-refractivity contribution in [1.29, 1.82) is 0 Å². The minimum absolute atomic E-state index is 0.119. The summed E-state index contributed by atoms with van der Waals surface area (Å²) >= 11 is 0. The van der Waals surface area contributed by atoms with Gasteiger partial charge in [0.25, 0.3) is 0 Å².